The summed E-state index contributed by atoms with van der Waals surface area (Å²) in [6, 6.07) is 21.0. The maximum absolute atomic E-state index is 13.4. The first-order valence-electron chi connectivity index (χ1n) is 12.1. The fourth-order valence-corrected chi connectivity index (χ4v) is 5.00. The molecule has 1 aliphatic heterocycles. The van der Waals surface area contributed by atoms with Gasteiger partial charge in [0.25, 0.3) is 0 Å². The summed E-state index contributed by atoms with van der Waals surface area (Å²) in [7, 11) is 0. The maximum Gasteiger partial charge on any atom is 0.487 e. The lowest BCUT2D eigenvalue weighted by molar-refractivity contribution is -0.128. The van der Waals surface area contributed by atoms with Crippen molar-refractivity contribution in [3.05, 3.63) is 90.0 Å². The van der Waals surface area contributed by atoms with Crippen molar-refractivity contribution in [2.75, 3.05) is 11.9 Å². The maximum atomic E-state index is 13.4. The molecule has 1 atom stereocenters. The average molecular weight is 588 g/mol. The lowest BCUT2D eigenvalue weighted by Gasteiger charge is -2.17. The van der Waals surface area contributed by atoms with Gasteiger partial charge in [0.05, 0.1) is 24.4 Å². The Hall–Kier alpha value is -3.96. The normalized spacial score (nSPS) is 16.2. The van der Waals surface area contributed by atoms with Gasteiger partial charge in [0.15, 0.2) is 5.17 Å². The fourth-order valence-electron chi connectivity index (χ4n) is 3.75. The van der Waals surface area contributed by atoms with Crippen LogP contribution in [0.25, 0.3) is 0 Å². The van der Waals surface area contributed by atoms with Crippen LogP contribution in [0.15, 0.2) is 83.9 Å². The third-order valence-electron chi connectivity index (χ3n) is 5.55. The number of carbonyl (C=O) groups is 3. The first-order chi connectivity index (χ1) is 19.1. The quantitative estimate of drug-likeness (QED) is 0.224. The molecule has 8 nitrogen and oxygen atoms in total. The number of halogens is 3. The highest BCUT2D eigenvalue weighted by molar-refractivity contribution is 8.15. The minimum Gasteiger partial charge on any atom is -0.462 e. The van der Waals surface area contributed by atoms with Crippen molar-refractivity contribution in [2.45, 2.75) is 30.7 Å². The molecule has 4 rings (SSSR count). The molecule has 12 heteroatoms. The average Bonchev–Trinajstić information content (AvgIpc) is 3.18. The van der Waals surface area contributed by atoms with Gasteiger partial charge in [-0.25, -0.2) is 9.79 Å². The number of nitrogens with one attached hydrogen (secondary N) is 1. The molecule has 1 heterocycles. The fraction of sp³-hybridized carbons (Fsp3) is 0.214. The van der Waals surface area contributed by atoms with E-state index in [0.29, 0.717) is 22.1 Å². The Kier molecular flexibility index (Phi) is 9.38. The highest BCUT2D eigenvalue weighted by atomic mass is 35.5. The van der Waals surface area contributed by atoms with Crippen LogP contribution in [0.5, 0.6) is 5.75 Å². The van der Waals surface area contributed by atoms with Gasteiger partial charge in [-0.05, 0) is 61.0 Å². The summed E-state index contributed by atoms with van der Waals surface area (Å²) in [5, 5.41) is 2.37. The molecule has 1 aliphatic rings. The molecule has 2 amide bonds. The number of aliphatic imine (C=N–C) groups is 1. The molecule has 208 valence electrons. The van der Waals surface area contributed by atoms with Gasteiger partial charge >= 0.3 is 11.5 Å². The van der Waals surface area contributed by atoms with E-state index in [9.17, 15) is 23.2 Å². The molecule has 1 N–H and O–H groups in total. The zero-order chi connectivity index (χ0) is 28.7. The van der Waals surface area contributed by atoms with E-state index in [-0.39, 0.29) is 37.1 Å². The lowest BCUT2D eigenvalue weighted by Crippen LogP contribution is -2.33. The van der Waals surface area contributed by atoms with Crippen LogP contribution < -0.4 is 10.1 Å². The molecule has 1 saturated heterocycles. The summed E-state index contributed by atoms with van der Waals surface area (Å²) in [5.41, 5.74) is -1.76. The third kappa shape index (κ3) is 8.03. The number of rotatable bonds is 10. The number of ether oxygens (including phenoxy) is 2. The Morgan fingerprint density at radius 2 is 1.73 bits per heavy atom. The van der Waals surface area contributed by atoms with Crippen molar-refractivity contribution >= 4 is 57.7 Å². The number of alkyl halides is 3. The Morgan fingerprint density at radius 1 is 1.05 bits per heavy atom. The summed E-state index contributed by atoms with van der Waals surface area (Å²) in [5.74, 6) is -1.29. The SMILES string of the molecule is CCOC(=O)c1ccc(NC(=O)CC2SC(=Nc3ccc(OC(F)(F)Cl)cc3)N(Cc3ccccc3)C2=O)cc1. The van der Waals surface area contributed by atoms with Crippen LogP contribution in [0.2, 0.25) is 0 Å². The molecular formula is C28H24ClF2N3O5S. The minimum atomic E-state index is -3.84. The second-order valence-corrected chi connectivity index (χ2v) is 10.1. The molecule has 0 saturated carbocycles. The summed E-state index contributed by atoms with van der Waals surface area (Å²) >= 11 is 5.95. The number of nitrogens with zero attached hydrogens (tertiary/aromatic N) is 2. The van der Waals surface area contributed by atoms with Gasteiger partial charge in [-0.3, -0.25) is 14.5 Å². The summed E-state index contributed by atoms with van der Waals surface area (Å²) in [6.07, 6.45) is -0.120. The van der Waals surface area contributed by atoms with E-state index in [1.807, 2.05) is 30.3 Å². The van der Waals surface area contributed by atoms with Crippen molar-refractivity contribution in [1.29, 1.82) is 0 Å². The van der Waals surface area contributed by atoms with Crippen LogP contribution >= 0.6 is 23.4 Å². The zero-order valence-electron chi connectivity index (χ0n) is 21.2. The first kappa shape index (κ1) is 29.0. The van der Waals surface area contributed by atoms with Crippen LogP contribution in [0, 0.1) is 0 Å². The Labute approximate surface area is 238 Å². The van der Waals surface area contributed by atoms with Crippen molar-refractivity contribution in [3.63, 3.8) is 0 Å². The number of amides is 2. The monoisotopic (exact) mass is 587 g/mol. The van der Waals surface area contributed by atoms with E-state index in [1.54, 1.807) is 31.2 Å². The second kappa shape index (κ2) is 12.9. The predicted molar refractivity (Wildman–Crippen MR) is 149 cm³/mol. The van der Waals surface area contributed by atoms with Gasteiger partial charge in [0, 0.05) is 23.7 Å². The van der Waals surface area contributed by atoms with E-state index in [4.69, 9.17) is 16.3 Å². The number of amidine groups is 1. The van der Waals surface area contributed by atoms with Crippen molar-refractivity contribution in [1.82, 2.24) is 4.90 Å². The van der Waals surface area contributed by atoms with E-state index >= 15 is 0 Å². The highest BCUT2D eigenvalue weighted by Crippen LogP contribution is 2.34. The number of anilines is 1. The van der Waals surface area contributed by atoms with Gasteiger partial charge in [-0.15, -0.1) is 8.78 Å². The Morgan fingerprint density at radius 3 is 2.35 bits per heavy atom. The van der Waals surface area contributed by atoms with Crippen LogP contribution in [0.1, 0.15) is 29.3 Å². The molecule has 0 bridgehead atoms. The van der Waals surface area contributed by atoms with Crippen LogP contribution in [0.3, 0.4) is 0 Å². The summed E-state index contributed by atoms with van der Waals surface area (Å²) in [6.45, 7) is 2.20. The molecule has 40 heavy (non-hydrogen) atoms. The number of hydrogen-bond donors (Lipinski definition) is 1. The summed E-state index contributed by atoms with van der Waals surface area (Å²) < 4.78 is 35.1. The van der Waals surface area contributed by atoms with Crippen molar-refractivity contribution in [2.24, 2.45) is 4.99 Å². The van der Waals surface area contributed by atoms with E-state index in [0.717, 1.165) is 17.3 Å². The highest BCUT2D eigenvalue weighted by Gasteiger charge is 2.39. The standard InChI is InChI=1S/C28H24ClF2N3O5S/c1-2-38-26(37)19-8-10-20(11-9-19)32-24(35)16-23-25(36)34(17-18-6-4-3-5-7-18)27(40-23)33-21-12-14-22(15-13-21)39-28(29,30)31/h3-15,23H,2,16-17H2,1H3,(H,32,35). The third-order valence-corrected chi connectivity index (χ3v) is 6.80. The van der Waals surface area contributed by atoms with Gasteiger partial charge in [-0.2, -0.15) is 0 Å². The molecule has 3 aromatic carbocycles. The van der Waals surface area contributed by atoms with Crippen LogP contribution in [0.4, 0.5) is 20.2 Å². The number of carbonyl (C=O) groups excluding carboxylic acids is 3. The number of esters is 1. The van der Waals surface area contributed by atoms with Gasteiger partial charge in [0.2, 0.25) is 11.8 Å². The predicted octanol–water partition coefficient (Wildman–Crippen LogP) is 6.19. The van der Waals surface area contributed by atoms with Crippen LogP contribution in [-0.4, -0.2) is 45.3 Å². The molecule has 1 unspecified atom stereocenters. The zero-order valence-corrected chi connectivity index (χ0v) is 22.8. The van der Waals surface area contributed by atoms with Gasteiger partial charge in [0.1, 0.15) is 11.0 Å². The van der Waals surface area contributed by atoms with Gasteiger partial charge < -0.3 is 14.8 Å². The first-order valence-corrected chi connectivity index (χ1v) is 13.4. The Balaban J connectivity index is 1.48. The van der Waals surface area contributed by atoms with E-state index in [1.165, 1.54) is 29.2 Å². The van der Waals surface area contributed by atoms with E-state index in [2.05, 4.69) is 15.0 Å². The number of benzene rings is 3. The van der Waals surface area contributed by atoms with Crippen molar-refractivity contribution < 1.29 is 32.6 Å². The Bertz CT molecular complexity index is 1380. The molecule has 0 aromatic heterocycles. The van der Waals surface area contributed by atoms with Crippen molar-refractivity contribution in [3.8, 4) is 5.75 Å². The second-order valence-electron chi connectivity index (χ2n) is 8.50. The minimum absolute atomic E-state index is 0.120. The lowest BCUT2D eigenvalue weighted by atomic mass is 10.2. The number of hydrogen-bond acceptors (Lipinski definition) is 7. The topological polar surface area (TPSA) is 97.3 Å². The summed E-state index contributed by atoms with van der Waals surface area (Å²) in [4.78, 5) is 44.0. The molecule has 0 radical (unpaired) electrons. The van der Waals surface area contributed by atoms with Gasteiger partial charge in [-0.1, -0.05) is 42.1 Å². The molecule has 0 spiro atoms. The molecular weight excluding hydrogens is 564 g/mol. The molecule has 3 aromatic rings. The van der Waals surface area contributed by atoms with E-state index < -0.39 is 16.8 Å². The molecule has 0 aliphatic carbocycles. The number of thioether (sulfide) groups is 1. The van der Waals surface area contributed by atoms with Crippen LogP contribution in [-0.2, 0) is 20.9 Å². The largest absolute Gasteiger partial charge is 0.487 e. The molecule has 1 fully saturated rings. The smallest absolute Gasteiger partial charge is 0.462 e.